The summed E-state index contributed by atoms with van der Waals surface area (Å²) in [4.78, 5) is 10.0. The van der Waals surface area contributed by atoms with E-state index in [-0.39, 0.29) is 5.82 Å². The average molecular weight is 416 g/mol. The van der Waals surface area contributed by atoms with Gasteiger partial charge in [0, 0.05) is 11.8 Å². The summed E-state index contributed by atoms with van der Waals surface area (Å²) in [6.07, 6.45) is 1.65. The molecule has 3 aromatic heterocycles. The zero-order valence-corrected chi connectivity index (χ0v) is 16.7. The van der Waals surface area contributed by atoms with Gasteiger partial charge in [-0.2, -0.15) is 4.80 Å². The lowest BCUT2D eigenvalue weighted by Crippen LogP contribution is -2.02. The number of aryl methyl sites for hydroxylation is 2. The summed E-state index contributed by atoms with van der Waals surface area (Å²) in [7, 11) is 1.67. The third-order valence-corrected chi connectivity index (χ3v) is 4.77. The second-order valence-electron chi connectivity index (χ2n) is 7.03. The molecule has 0 amide bonds. The predicted octanol–water partition coefficient (Wildman–Crippen LogP) is 2.65. The molecule has 0 aliphatic carbocycles. The highest BCUT2D eigenvalue weighted by atomic mass is 19.1. The molecule has 0 radical (unpaired) electrons. The first-order valence-electron chi connectivity index (χ1n) is 9.48. The standard InChI is InChI=1S/C20H17FN10/c1-12-3-4-13(9-15(12)21)11-31-18-6-5-14(10-17(18)25-29-31)16-7-8-22-19(23-16)24-20-26-28-30(2)27-20/h3-10H,11H2,1-2H3,(H,22,23,24,27). The molecular formula is C20H17FN10. The molecule has 0 saturated heterocycles. The van der Waals surface area contributed by atoms with Crippen LogP contribution >= 0.6 is 0 Å². The van der Waals surface area contributed by atoms with Crippen molar-refractivity contribution in [3.05, 3.63) is 65.6 Å². The van der Waals surface area contributed by atoms with Gasteiger partial charge in [0.05, 0.1) is 24.8 Å². The number of nitrogens with zero attached hydrogens (tertiary/aromatic N) is 9. The summed E-state index contributed by atoms with van der Waals surface area (Å²) in [5.41, 5.74) is 4.57. The summed E-state index contributed by atoms with van der Waals surface area (Å²) in [6, 6.07) is 12.7. The number of rotatable bonds is 5. The van der Waals surface area contributed by atoms with Gasteiger partial charge in [0.2, 0.25) is 5.95 Å². The minimum atomic E-state index is -0.228. The molecule has 0 fully saturated rings. The second kappa shape index (κ2) is 7.52. The Morgan fingerprint density at radius 3 is 2.71 bits per heavy atom. The SMILES string of the molecule is Cc1ccc(Cn2nnc3cc(-c4ccnc(Nc5nnn(C)n5)n4)ccc32)cc1F. The Kier molecular flexibility index (Phi) is 4.54. The van der Waals surface area contributed by atoms with Crippen molar-refractivity contribution in [1.82, 2.24) is 45.2 Å². The minimum Gasteiger partial charge on any atom is -0.290 e. The summed E-state index contributed by atoms with van der Waals surface area (Å²) in [5, 5.41) is 23.1. The first-order valence-corrected chi connectivity index (χ1v) is 9.48. The van der Waals surface area contributed by atoms with E-state index < -0.39 is 0 Å². The van der Waals surface area contributed by atoms with Gasteiger partial charge in [-0.3, -0.25) is 5.32 Å². The maximum Gasteiger partial charge on any atom is 0.270 e. The van der Waals surface area contributed by atoms with E-state index in [1.807, 2.05) is 24.3 Å². The van der Waals surface area contributed by atoms with E-state index in [2.05, 4.69) is 41.0 Å². The molecule has 31 heavy (non-hydrogen) atoms. The van der Waals surface area contributed by atoms with Crippen molar-refractivity contribution in [2.75, 3.05) is 5.32 Å². The van der Waals surface area contributed by atoms with Gasteiger partial charge in [-0.25, -0.2) is 19.0 Å². The molecule has 5 aromatic rings. The van der Waals surface area contributed by atoms with E-state index in [1.54, 1.807) is 37.0 Å². The Hall–Kier alpha value is -4.28. The highest BCUT2D eigenvalue weighted by Crippen LogP contribution is 2.23. The Bertz CT molecular complexity index is 1390. The summed E-state index contributed by atoms with van der Waals surface area (Å²) >= 11 is 0. The highest BCUT2D eigenvalue weighted by molar-refractivity contribution is 5.80. The number of halogens is 1. The van der Waals surface area contributed by atoms with Crippen LogP contribution in [0.5, 0.6) is 0 Å². The lowest BCUT2D eigenvalue weighted by molar-refractivity contribution is 0.609. The molecule has 154 valence electrons. The molecule has 10 nitrogen and oxygen atoms in total. The molecule has 0 bridgehead atoms. The van der Waals surface area contributed by atoms with Crippen LogP contribution in [-0.4, -0.2) is 45.2 Å². The predicted molar refractivity (Wildman–Crippen MR) is 111 cm³/mol. The molecule has 0 atom stereocenters. The van der Waals surface area contributed by atoms with Crippen LogP contribution in [0.1, 0.15) is 11.1 Å². The average Bonchev–Trinajstić information content (AvgIpc) is 3.36. The fourth-order valence-electron chi connectivity index (χ4n) is 3.17. The maximum atomic E-state index is 13.9. The minimum absolute atomic E-state index is 0.228. The summed E-state index contributed by atoms with van der Waals surface area (Å²) < 4.78 is 15.6. The smallest absolute Gasteiger partial charge is 0.270 e. The van der Waals surface area contributed by atoms with Gasteiger partial charge in [-0.15, -0.1) is 10.2 Å². The Morgan fingerprint density at radius 1 is 1.00 bits per heavy atom. The number of aromatic nitrogens is 9. The number of fused-ring (bicyclic) bond motifs is 1. The highest BCUT2D eigenvalue weighted by Gasteiger charge is 2.10. The van der Waals surface area contributed by atoms with Crippen LogP contribution in [-0.2, 0) is 13.6 Å². The van der Waals surface area contributed by atoms with Crippen LogP contribution in [0.25, 0.3) is 22.3 Å². The zero-order chi connectivity index (χ0) is 21.4. The van der Waals surface area contributed by atoms with Crippen molar-refractivity contribution < 1.29 is 4.39 Å². The van der Waals surface area contributed by atoms with Crippen molar-refractivity contribution in [2.45, 2.75) is 13.5 Å². The van der Waals surface area contributed by atoms with Gasteiger partial charge in [0.1, 0.15) is 11.3 Å². The van der Waals surface area contributed by atoms with Crippen LogP contribution in [0.3, 0.4) is 0 Å². The van der Waals surface area contributed by atoms with Crippen LogP contribution in [0.4, 0.5) is 16.3 Å². The van der Waals surface area contributed by atoms with E-state index in [0.717, 1.165) is 16.6 Å². The number of hydrogen-bond acceptors (Lipinski definition) is 8. The van der Waals surface area contributed by atoms with Crippen LogP contribution in [0.2, 0.25) is 0 Å². The van der Waals surface area contributed by atoms with Crippen molar-refractivity contribution in [2.24, 2.45) is 7.05 Å². The molecule has 1 N–H and O–H groups in total. The summed E-state index contributed by atoms with van der Waals surface area (Å²) in [5.74, 6) is 0.440. The van der Waals surface area contributed by atoms with Crippen LogP contribution < -0.4 is 5.32 Å². The van der Waals surface area contributed by atoms with Crippen molar-refractivity contribution in [3.8, 4) is 11.3 Å². The molecule has 5 rings (SSSR count). The third-order valence-electron chi connectivity index (χ3n) is 4.77. The van der Waals surface area contributed by atoms with Crippen LogP contribution in [0, 0.1) is 12.7 Å². The maximum absolute atomic E-state index is 13.9. The lowest BCUT2D eigenvalue weighted by atomic mass is 10.1. The summed E-state index contributed by atoms with van der Waals surface area (Å²) in [6.45, 7) is 2.17. The van der Waals surface area contributed by atoms with Crippen LogP contribution in [0.15, 0.2) is 48.7 Å². The van der Waals surface area contributed by atoms with Gasteiger partial charge < -0.3 is 0 Å². The second-order valence-corrected chi connectivity index (χ2v) is 7.03. The number of hydrogen-bond donors (Lipinski definition) is 1. The van der Waals surface area contributed by atoms with Gasteiger partial charge in [0.25, 0.3) is 5.95 Å². The fraction of sp³-hybridized carbons (Fsp3) is 0.150. The largest absolute Gasteiger partial charge is 0.290 e. The Labute approximate surface area is 175 Å². The van der Waals surface area contributed by atoms with Crippen molar-refractivity contribution >= 4 is 22.9 Å². The van der Waals surface area contributed by atoms with E-state index >= 15 is 0 Å². The van der Waals surface area contributed by atoms with Crippen molar-refractivity contribution in [1.29, 1.82) is 0 Å². The molecule has 11 heteroatoms. The molecule has 0 aliphatic heterocycles. The van der Waals surface area contributed by atoms with Gasteiger partial charge in [0.15, 0.2) is 0 Å². The molecule has 0 aliphatic rings. The van der Waals surface area contributed by atoms with E-state index in [1.165, 1.54) is 10.9 Å². The van der Waals surface area contributed by atoms with Gasteiger partial charge >= 0.3 is 0 Å². The number of benzene rings is 2. The normalized spacial score (nSPS) is 11.2. The van der Waals surface area contributed by atoms with Crippen molar-refractivity contribution in [3.63, 3.8) is 0 Å². The molecule has 3 heterocycles. The fourth-order valence-corrected chi connectivity index (χ4v) is 3.17. The number of anilines is 2. The monoisotopic (exact) mass is 416 g/mol. The zero-order valence-electron chi connectivity index (χ0n) is 16.7. The first-order chi connectivity index (χ1) is 15.0. The third kappa shape index (κ3) is 3.80. The van der Waals surface area contributed by atoms with Gasteiger partial charge in [-0.05, 0) is 47.5 Å². The van der Waals surface area contributed by atoms with E-state index in [9.17, 15) is 4.39 Å². The Balaban J connectivity index is 1.41. The Morgan fingerprint density at radius 2 is 1.90 bits per heavy atom. The van der Waals surface area contributed by atoms with Gasteiger partial charge in [-0.1, -0.05) is 28.5 Å². The molecular weight excluding hydrogens is 399 g/mol. The molecule has 0 spiro atoms. The molecule has 2 aromatic carbocycles. The number of nitrogens with one attached hydrogen (secondary N) is 1. The molecule has 0 saturated carbocycles. The first kappa shape index (κ1) is 18.7. The van der Waals surface area contributed by atoms with E-state index in [0.29, 0.717) is 35.2 Å². The quantitative estimate of drug-likeness (QED) is 0.465. The topological polar surface area (TPSA) is 112 Å². The van der Waals surface area contributed by atoms with E-state index in [4.69, 9.17) is 0 Å². The number of tetrazole rings is 1. The lowest BCUT2D eigenvalue weighted by Gasteiger charge is -2.06. The molecule has 0 unspecified atom stereocenters.